The largest absolute Gasteiger partial charge is 0.383 e. The molecule has 0 saturated carbocycles. The summed E-state index contributed by atoms with van der Waals surface area (Å²) in [5.41, 5.74) is 3.65. The predicted octanol–water partition coefficient (Wildman–Crippen LogP) is 3.98. The van der Waals surface area contributed by atoms with Crippen LogP contribution in [0.3, 0.4) is 0 Å². The molecule has 6 nitrogen and oxygen atoms in total. The van der Waals surface area contributed by atoms with Crippen molar-refractivity contribution in [2.75, 3.05) is 38.7 Å². The van der Waals surface area contributed by atoms with Crippen LogP contribution in [0.4, 0.5) is 10.5 Å². The number of ether oxygens (including phenoxy) is 1. The van der Waals surface area contributed by atoms with Gasteiger partial charge in [-0.05, 0) is 17.7 Å². The number of urea groups is 1. The fraction of sp³-hybridized carbons (Fsp3) is 0.280. The molecule has 0 bridgehead atoms. The van der Waals surface area contributed by atoms with Crippen LogP contribution in [0.2, 0.25) is 0 Å². The van der Waals surface area contributed by atoms with E-state index in [4.69, 9.17) is 4.74 Å². The number of carbonyl (C=O) groups is 1. The molecule has 1 aliphatic heterocycles. The number of benzene rings is 2. The zero-order valence-corrected chi connectivity index (χ0v) is 17.7. The maximum absolute atomic E-state index is 13.0. The number of aromatic nitrogens is 1. The molecule has 0 unspecified atom stereocenters. The fourth-order valence-electron chi connectivity index (χ4n) is 4.13. The zero-order valence-electron chi connectivity index (χ0n) is 17.7. The van der Waals surface area contributed by atoms with Crippen molar-refractivity contribution in [3.8, 4) is 11.3 Å². The number of hydrogen-bond donors (Lipinski definition) is 2. The molecule has 1 aliphatic rings. The first-order valence-electron chi connectivity index (χ1n) is 10.6. The maximum atomic E-state index is 13.0. The average molecular weight is 417 g/mol. The molecule has 2 aromatic carbocycles. The van der Waals surface area contributed by atoms with Crippen LogP contribution in [0.1, 0.15) is 11.5 Å². The smallest absolute Gasteiger partial charge is 0.319 e. The number of likely N-dealkylation sites (tertiary alicyclic amines) is 1. The highest BCUT2D eigenvalue weighted by atomic mass is 16.5. The highest BCUT2D eigenvalue weighted by Crippen LogP contribution is 2.28. The molecule has 2 heterocycles. The highest BCUT2D eigenvalue weighted by molar-refractivity contribution is 5.93. The van der Waals surface area contributed by atoms with Gasteiger partial charge in [-0.1, -0.05) is 60.7 Å². The van der Waals surface area contributed by atoms with Crippen molar-refractivity contribution < 1.29 is 9.53 Å². The van der Waals surface area contributed by atoms with Gasteiger partial charge in [0, 0.05) is 44.4 Å². The van der Waals surface area contributed by atoms with Crippen LogP contribution >= 0.6 is 0 Å². The molecule has 2 atom stereocenters. The number of nitrogens with one attached hydrogen (secondary N) is 2. The predicted molar refractivity (Wildman–Crippen MR) is 123 cm³/mol. The number of rotatable bonds is 7. The average Bonchev–Trinajstić information content (AvgIpc) is 3.21. The van der Waals surface area contributed by atoms with Crippen LogP contribution in [0, 0.1) is 0 Å². The van der Waals surface area contributed by atoms with Gasteiger partial charge in [0.1, 0.15) is 0 Å². The Bertz CT molecular complexity index is 981. The van der Waals surface area contributed by atoms with E-state index < -0.39 is 0 Å². The van der Waals surface area contributed by atoms with Gasteiger partial charge in [0.2, 0.25) is 0 Å². The Kier molecular flexibility index (Phi) is 6.92. The normalized spacial score (nSPS) is 18.6. The van der Waals surface area contributed by atoms with Gasteiger partial charge in [-0.3, -0.25) is 9.88 Å². The van der Waals surface area contributed by atoms with Gasteiger partial charge in [0.15, 0.2) is 0 Å². The lowest BCUT2D eigenvalue weighted by molar-refractivity contribution is 0.159. The van der Waals surface area contributed by atoms with Crippen LogP contribution in [-0.2, 0) is 4.74 Å². The fourth-order valence-corrected chi connectivity index (χ4v) is 4.13. The van der Waals surface area contributed by atoms with Crippen molar-refractivity contribution in [2.24, 2.45) is 0 Å². The van der Waals surface area contributed by atoms with E-state index in [-0.39, 0.29) is 18.0 Å². The van der Waals surface area contributed by atoms with E-state index >= 15 is 0 Å². The molecular weight excluding hydrogens is 388 g/mol. The molecule has 31 heavy (non-hydrogen) atoms. The lowest BCUT2D eigenvalue weighted by atomic mass is 9.94. The second kappa shape index (κ2) is 10.2. The molecule has 1 aromatic heterocycles. The van der Waals surface area contributed by atoms with Gasteiger partial charge in [-0.15, -0.1) is 0 Å². The third kappa shape index (κ3) is 5.29. The highest BCUT2D eigenvalue weighted by Gasteiger charge is 2.34. The van der Waals surface area contributed by atoms with Crippen LogP contribution in [0.15, 0.2) is 79.0 Å². The Hall–Kier alpha value is -3.22. The molecular formula is C25H28N4O2. The number of pyridine rings is 1. The van der Waals surface area contributed by atoms with E-state index in [1.807, 2.05) is 60.7 Å². The molecule has 4 rings (SSSR count). The van der Waals surface area contributed by atoms with E-state index in [0.29, 0.717) is 12.3 Å². The van der Waals surface area contributed by atoms with Crippen molar-refractivity contribution in [3.05, 3.63) is 84.6 Å². The molecule has 1 saturated heterocycles. The van der Waals surface area contributed by atoms with Crippen molar-refractivity contribution >= 4 is 11.7 Å². The summed E-state index contributed by atoms with van der Waals surface area (Å²) >= 11 is 0. The van der Waals surface area contributed by atoms with Crippen molar-refractivity contribution in [1.29, 1.82) is 0 Å². The Morgan fingerprint density at radius 1 is 1.03 bits per heavy atom. The van der Waals surface area contributed by atoms with Gasteiger partial charge in [-0.2, -0.15) is 0 Å². The number of anilines is 1. The molecule has 2 amide bonds. The summed E-state index contributed by atoms with van der Waals surface area (Å²) in [6.45, 7) is 3.20. The van der Waals surface area contributed by atoms with Crippen LogP contribution in [0.5, 0.6) is 0 Å². The van der Waals surface area contributed by atoms with Crippen LogP contribution in [-0.4, -0.2) is 55.3 Å². The third-order valence-corrected chi connectivity index (χ3v) is 5.65. The number of carbonyl (C=O) groups excluding carboxylic acids is 1. The summed E-state index contributed by atoms with van der Waals surface area (Å²) in [5.74, 6) is 0.228. The molecule has 1 fully saturated rings. The Labute approximate surface area is 183 Å². The molecule has 2 N–H and O–H groups in total. The lowest BCUT2D eigenvalue weighted by Gasteiger charge is -2.21. The monoisotopic (exact) mass is 416 g/mol. The summed E-state index contributed by atoms with van der Waals surface area (Å²) in [5, 5.41) is 6.21. The SMILES string of the molecule is COCCN1C[C@H](NC(=O)Nc2cccnc2-c2ccccc2)[C@@H](c2ccccc2)C1. The third-order valence-electron chi connectivity index (χ3n) is 5.65. The standard InChI is InChI=1S/C25H28N4O2/c1-31-16-15-29-17-21(19-9-4-2-5-10-19)23(18-29)28-25(30)27-22-13-8-14-26-24(22)20-11-6-3-7-12-20/h2-14,21,23H,15-18H2,1H3,(H2,27,28,30)/t21-,23+/m1/s1. The summed E-state index contributed by atoms with van der Waals surface area (Å²) in [6.07, 6.45) is 1.74. The van der Waals surface area contributed by atoms with E-state index in [1.165, 1.54) is 5.56 Å². The molecule has 3 aromatic rings. The minimum atomic E-state index is -0.218. The van der Waals surface area contributed by atoms with E-state index in [2.05, 4.69) is 32.7 Å². The van der Waals surface area contributed by atoms with Gasteiger partial charge < -0.3 is 15.4 Å². The quantitative estimate of drug-likeness (QED) is 0.611. The van der Waals surface area contributed by atoms with Gasteiger partial charge in [0.05, 0.1) is 24.0 Å². The van der Waals surface area contributed by atoms with Gasteiger partial charge in [0.25, 0.3) is 0 Å². The minimum Gasteiger partial charge on any atom is -0.383 e. The summed E-state index contributed by atoms with van der Waals surface area (Å²) < 4.78 is 5.25. The second-order valence-electron chi connectivity index (χ2n) is 7.74. The zero-order chi connectivity index (χ0) is 21.5. The number of amides is 2. The number of hydrogen-bond acceptors (Lipinski definition) is 4. The van der Waals surface area contributed by atoms with Crippen molar-refractivity contribution in [2.45, 2.75) is 12.0 Å². The first-order chi connectivity index (χ1) is 15.2. The van der Waals surface area contributed by atoms with Crippen molar-refractivity contribution in [3.63, 3.8) is 0 Å². The lowest BCUT2D eigenvalue weighted by Crippen LogP contribution is -2.42. The van der Waals surface area contributed by atoms with Gasteiger partial charge in [-0.25, -0.2) is 4.79 Å². The van der Waals surface area contributed by atoms with E-state index in [1.54, 1.807) is 13.3 Å². The molecule has 0 aliphatic carbocycles. The number of nitrogens with zero attached hydrogens (tertiary/aromatic N) is 2. The second-order valence-corrected chi connectivity index (χ2v) is 7.74. The molecule has 0 radical (unpaired) electrons. The molecule has 0 spiro atoms. The van der Waals surface area contributed by atoms with E-state index in [0.717, 1.165) is 30.9 Å². The molecule has 160 valence electrons. The van der Waals surface area contributed by atoms with E-state index in [9.17, 15) is 4.79 Å². The minimum absolute atomic E-state index is 0.0103. The van der Waals surface area contributed by atoms with Crippen LogP contribution in [0.25, 0.3) is 11.3 Å². The maximum Gasteiger partial charge on any atom is 0.319 e. The van der Waals surface area contributed by atoms with Gasteiger partial charge >= 0.3 is 6.03 Å². The Morgan fingerprint density at radius 3 is 2.52 bits per heavy atom. The first kappa shape index (κ1) is 21.0. The summed E-state index contributed by atoms with van der Waals surface area (Å²) in [7, 11) is 1.71. The van der Waals surface area contributed by atoms with Crippen LogP contribution < -0.4 is 10.6 Å². The first-order valence-corrected chi connectivity index (χ1v) is 10.6. The van der Waals surface area contributed by atoms with Crippen molar-refractivity contribution in [1.82, 2.24) is 15.2 Å². The topological polar surface area (TPSA) is 66.5 Å². The summed E-state index contributed by atoms with van der Waals surface area (Å²) in [6, 6.07) is 23.7. The Balaban J connectivity index is 1.48. The Morgan fingerprint density at radius 2 is 1.77 bits per heavy atom. The molecule has 6 heteroatoms. The summed E-state index contributed by atoms with van der Waals surface area (Å²) in [4.78, 5) is 19.8. The number of methoxy groups -OCH3 is 1.